The van der Waals surface area contributed by atoms with Gasteiger partial charge in [-0.2, -0.15) is 0 Å². The first-order valence-corrected chi connectivity index (χ1v) is 6.09. The summed E-state index contributed by atoms with van der Waals surface area (Å²) in [6.07, 6.45) is 0.441. The minimum atomic E-state index is -1.08. The van der Waals surface area contributed by atoms with Gasteiger partial charge in [0.2, 0.25) is 0 Å². The number of hydrogen-bond donors (Lipinski definition) is 1. The number of carboxylic acid groups (broad SMARTS) is 1. The molecule has 1 N–H and O–H groups in total. The van der Waals surface area contributed by atoms with Gasteiger partial charge in [-0.15, -0.1) is 0 Å². The SMILES string of the molecule is CC(CCS(=O)c1ccccc1)C(=O)O. The Morgan fingerprint density at radius 3 is 2.53 bits per heavy atom. The molecule has 0 aliphatic carbocycles. The Morgan fingerprint density at radius 1 is 1.40 bits per heavy atom. The molecule has 0 aliphatic rings. The van der Waals surface area contributed by atoms with Crippen LogP contribution in [-0.2, 0) is 15.6 Å². The van der Waals surface area contributed by atoms with E-state index in [1.165, 1.54) is 0 Å². The fraction of sp³-hybridized carbons (Fsp3) is 0.364. The van der Waals surface area contributed by atoms with Crippen molar-refractivity contribution in [1.29, 1.82) is 0 Å². The van der Waals surface area contributed by atoms with E-state index in [1.54, 1.807) is 19.1 Å². The van der Waals surface area contributed by atoms with Gasteiger partial charge in [0.05, 0.1) is 16.7 Å². The highest BCUT2D eigenvalue weighted by Gasteiger charge is 2.12. The molecule has 0 spiro atoms. The van der Waals surface area contributed by atoms with Gasteiger partial charge >= 0.3 is 5.97 Å². The summed E-state index contributed by atoms with van der Waals surface area (Å²) in [7, 11) is -1.08. The Labute approximate surface area is 91.6 Å². The summed E-state index contributed by atoms with van der Waals surface area (Å²) in [6.45, 7) is 1.63. The molecule has 0 aliphatic heterocycles. The van der Waals surface area contributed by atoms with Crippen LogP contribution in [0.4, 0.5) is 0 Å². The van der Waals surface area contributed by atoms with Crippen LogP contribution in [-0.4, -0.2) is 21.0 Å². The normalized spacial score (nSPS) is 14.5. The maximum absolute atomic E-state index is 11.7. The van der Waals surface area contributed by atoms with Crippen LogP contribution in [0.3, 0.4) is 0 Å². The summed E-state index contributed by atoms with van der Waals surface area (Å²) in [4.78, 5) is 11.3. The van der Waals surface area contributed by atoms with E-state index in [1.807, 2.05) is 18.2 Å². The zero-order valence-electron chi connectivity index (χ0n) is 8.55. The van der Waals surface area contributed by atoms with E-state index >= 15 is 0 Å². The third kappa shape index (κ3) is 3.83. The molecule has 0 bridgehead atoms. The zero-order valence-corrected chi connectivity index (χ0v) is 9.37. The molecular formula is C11H14O3S. The second-order valence-corrected chi connectivity index (χ2v) is 4.96. The van der Waals surface area contributed by atoms with Crippen LogP contribution in [0.1, 0.15) is 13.3 Å². The number of rotatable bonds is 5. The predicted octanol–water partition coefficient (Wildman–Crippen LogP) is 1.91. The maximum Gasteiger partial charge on any atom is 0.306 e. The molecule has 3 nitrogen and oxygen atoms in total. The van der Waals surface area contributed by atoms with Gasteiger partial charge in [-0.05, 0) is 18.6 Å². The first-order valence-electron chi connectivity index (χ1n) is 4.77. The zero-order chi connectivity index (χ0) is 11.3. The minimum absolute atomic E-state index is 0.400. The monoisotopic (exact) mass is 226 g/mol. The molecule has 2 atom stereocenters. The number of aliphatic carboxylic acids is 1. The van der Waals surface area contributed by atoms with E-state index in [0.29, 0.717) is 12.2 Å². The number of carboxylic acids is 1. The predicted molar refractivity (Wildman–Crippen MR) is 59.1 cm³/mol. The molecular weight excluding hydrogens is 212 g/mol. The lowest BCUT2D eigenvalue weighted by molar-refractivity contribution is -0.141. The minimum Gasteiger partial charge on any atom is -0.481 e. The molecule has 0 heterocycles. The molecule has 0 saturated carbocycles. The molecule has 0 fully saturated rings. The lowest BCUT2D eigenvalue weighted by atomic mass is 10.1. The van der Waals surface area contributed by atoms with E-state index < -0.39 is 22.7 Å². The number of benzene rings is 1. The largest absolute Gasteiger partial charge is 0.481 e. The second kappa shape index (κ2) is 5.66. The van der Waals surface area contributed by atoms with Crippen LogP contribution in [0.2, 0.25) is 0 Å². The van der Waals surface area contributed by atoms with Gasteiger partial charge in [0.15, 0.2) is 0 Å². The Bertz CT molecular complexity index is 348. The topological polar surface area (TPSA) is 54.4 Å². The molecule has 82 valence electrons. The Hall–Kier alpha value is -1.16. The molecule has 0 aromatic heterocycles. The van der Waals surface area contributed by atoms with Crippen LogP contribution >= 0.6 is 0 Å². The molecule has 15 heavy (non-hydrogen) atoms. The molecule has 0 saturated heterocycles. The Morgan fingerprint density at radius 2 is 2.00 bits per heavy atom. The average Bonchev–Trinajstić information content (AvgIpc) is 2.26. The van der Waals surface area contributed by atoms with Gasteiger partial charge in [-0.25, -0.2) is 0 Å². The Balaban J connectivity index is 2.47. The van der Waals surface area contributed by atoms with E-state index in [2.05, 4.69) is 0 Å². The first-order chi connectivity index (χ1) is 7.11. The molecule has 1 aromatic rings. The van der Waals surface area contributed by atoms with Crippen LogP contribution < -0.4 is 0 Å². The highest BCUT2D eigenvalue weighted by molar-refractivity contribution is 7.85. The van der Waals surface area contributed by atoms with Gasteiger partial charge in [0, 0.05) is 10.6 Å². The summed E-state index contributed by atoms with van der Waals surface area (Å²) >= 11 is 0. The van der Waals surface area contributed by atoms with Crippen molar-refractivity contribution in [2.45, 2.75) is 18.2 Å². The second-order valence-electron chi connectivity index (χ2n) is 3.39. The van der Waals surface area contributed by atoms with Crippen molar-refractivity contribution in [3.63, 3.8) is 0 Å². The standard InChI is InChI=1S/C11H14O3S/c1-9(11(12)13)7-8-15(14)10-5-3-2-4-6-10/h2-6,9H,7-8H2,1H3,(H,12,13). The summed E-state index contributed by atoms with van der Waals surface area (Å²) in [5, 5.41) is 8.67. The van der Waals surface area contributed by atoms with Crippen LogP contribution in [0, 0.1) is 5.92 Å². The van der Waals surface area contributed by atoms with Gasteiger partial charge in [-0.3, -0.25) is 9.00 Å². The Kier molecular flexibility index (Phi) is 4.49. The van der Waals surface area contributed by atoms with Crippen molar-refractivity contribution < 1.29 is 14.1 Å². The van der Waals surface area contributed by atoms with Gasteiger partial charge in [0.25, 0.3) is 0 Å². The molecule has 0 radical (unpaired) electrons. The van der Waals surface area contributed by atoms with Crippen molar-refractivity contribution in [3.05, 3.63) is 30.3 Å². The van der Waals surface area contributed by atoms with Gasteiger partial charge in [0.1, 0.15) is 0 Å². The lowest BCUT2D eigenvalue weighted by Crippen LogP contribution is -2.12. The third-order valence-corrected chi connectivity index (χ3v) is 3.57. The summed E-state index contributed by atoms with van der Waals surface area (Å²) in [6, 6.07) is 9.10. The maximum atomic E-state index is 11.7. The van der Waals surface area contributed by atoms with Crippen molar-refractivity contribution in [2.24, 2.45) is 5.92 Å². The molecule has 0 amide bonds. The fourth-order valence-corrected chi connectivity index (χ4v) is 2.36. The first kappa shape index (κ1) is 11.9. The fourth-order valence-electron chi connectivity index (χ4n) is 1.10. The van der Waals surface area contributed by atoms with E-state index in [9.17, 15) is 9.00 Å². The molecule has 2 unspecified atom stereocenters. The smallest absolute Gasteiger partial charge is 0.306 e. The van der Waals surface area contributed by atoms with E-state index in [0.717, 1.165) is 4.90 Å². The van der Waals surface area contributed by atoms with Crippen LogP contribution in [0.15, 0.2) is 35.2 Å². The summed E-state index contributed by atoms with van der Waals surface area (Å²) < 4.78 is 11.7. The molecule has 1 aromatic carbocycles. The quantitative estimate of drug-likeness (QED) is 0.834. The van der Waals surface area contributed by atoms with Crippen LogP contribution in [0.5, 0.6) is 0 Å². The summed E-state index contributed by atoms with van der Waals surface area (Å²) in [5.41, 5.74) is 0. The highest BCUT2D eigenvalue weighted by atomic mass is 32.2. The third-order valence-electron chi connectivity index (χ3n) is 2.16. The van der Waals surface area contributed by atoms with Crippen molar-refractivity contribution >= 4 is 16.8 Å². The van der Waals surface area contributed by atoms with Crippen molar-refractivity contribution in [1.82, 2.24) is 0 Å². The summed E-state index contributed by atoms with van der Waals surface area (Å²) in [5.74, 6) is -0.866. The van der Waals surface area contributed by atoms with Gasteiger partial charge < -0.3 is 5.11 Å². The van der Waals surface area contributed by atoms with Crippen LogP contribution in [0.25, 0.3) is 0 Å². The van der Waals surface area contributed by atoms with Gasteiger partial charge in [-0.1, -0.05) is 25.1 Å². The molecule has 1 rings (SSSR count). The molecule has 4 heteroatoms. The van der Waals surface area contributed by atoms with Crippen molar-refractivity contribution in [2.75, 3.05) is 5.75 Å². The average molecular weight is 226 g/mol. The van der Waals surface area contributed by atoms with E-state index in [-0.39, 0.29) is 0 Å². The highest BCUT2D eigenvalue weighted by Crippen LogP contribution is 2.10. The lowest BCUT2D eigenvalue weighted by Gasteiger charge is -2.05. The van der Waals surface area contributed by atoms with E-state index in [4.69, 9.17) is 5.11 Å². The van der Waals surface area contributed by atoms with Crippen molar-refractivity contribution in [3.8, 4) is 0 Å². The number of carbonyl (C=O) groups is 1. The number of hydrogen-bond acceptors (Lipinski definition) is 2.